The first-order valence-electron chi connectivity index (χ1n) is 10.7. The third-order valence-electron chi connectivity index (χ3n) is 6.44. The molecule has 3 heterocycles. The van der Waals surface area contributed by atoms with E-state index in [4.69, 9.17) is 16.3 Å². The quantitative estimate of drug-likeness (QED) is 0.591. The first kappa shape index (κ1) is 24.7. The Balaban J connectivity index is 1.43. The van der Waals surface area contributed by atoms with Crippen LogP contribution in [0.4, 0.5) is 18.9 Å². The second-order valence-corrected chi connectivity index (χ2v) is 10.8. The van der Waals surface area contributed by atoms with Crippen LogP contribution in [-0.4, -0.2) is 55.5 Å². The zero-order valence-electron chi connectivity index (χ0n) is 18.3. The number of hydrogen-bond acceptors (Lipinski definition) is 5. The van der Waals surface area contributed by atoms with E-state index in [9.17, 15) is 26.4 Å². The molecule has 184 valence electrons. The molecule has 0 radical (unpaired) electrons. The molecule has 2 aliphatic heterocycles. The number of ether oxygens (including phenoxy) is 1. The number of rotatable bonds is 5. The van der Waals surface area contributed by atoms with Gasteiger partial charge in [0.05, 0.1) is 22.3 Å². The van der Waals surface area contributed by atoms with Crippen LogP contribution < -0.4 is 9.64 Å². The van der Waals surface area contributed by atoms with Crippen LogP contribution in [0.1, 0.15) is 26.2 Å². The molecule has 1 spiro atoms. The number of piperidine rings is 1. The molecule has 1 atom stereocenters. The Morgan fingerprint density at radius 1 is 1.09 bits per heavy atom. The molecule has 7 nitrogen and oxygen atoms in total. The van der Waals surface area contributed by atoms with Crippen LogP contribution in [0.25, 0.3) is 0 Å². The number of amides is 1. The highest BCUT2D eigenvalue weighted by molar-refractivity contribution is 7.89. The van der Waals surface area contributed by atoms with Crippen LogP contribution in [0, 0.1) is 5.41 Å². The zero-order chi connectivity index (χ0) is 24.7. The van der Waals surface area contributed by atoms with Gasteiger partial charge in [-0.1, -0.05) is 23.7 Å². The maximum atomic E-state index is 13.3. The number of alkyl halides is 3. The van der Waals surface area contributed by atoms with E-state index < -0.39 is 27.7 Å². The molecule has 1 amide bonds. The number of nitrogens with zero attached hydrogens (tertiary/aromatic N) is 3. The molecule has 1 aromatic carbocycles. The highest BCUT2D eigenvalue weighted by atomic mass is 35.5. The Labute approximate surface area is 200 Å². The average molecular weight is 518 g/mol. The summed E-state index contributed by atoms with van der Waals surface area (Å²) in [6.45, 7) is 1.68. The topological polar surface area (TPSA) is 79.8 Å². The normalized spacial score (nSPS) is 20.0. The van der Waals surface area contributed by atoms with Crippen molar-refractivity contribution >= 4 is 33.2 Å². The standard InChI is InChI=1S/C22H23ClF3N3O4S/c1-15(22(24,25)26)33-19-7-6-16(14-27-19)29-13-10-21(20(29)30)8-11-28(12-9-21)34(31,32)18-5-3-2-4-17(18)23/h2-7,14-15H,8-13H2,1H3. The molecule has 0 aliphatic carbocycles. The molecule has 1 unspecified atom stereocenters. The molecule has 2 saturated heterocycles. The number of benzene rings is 1. The predicted molar refractivity (Wildman–Crippen MR) is 119 cm³/mol. The second kappa shape index (κ2) is 9.01. The van der Waals surface area contributed by atoms with Crippen molar-refractivity contribution in [3.63, 3.8) is 0 Å². The van der Waals surface area contributed by atoms with Crippen LogP contribution in [0.15, 0.2) is 47.5 Å². The average Bonchev–Trinajstić information content (AvgIpc) is 3.10. The molecule has 1 aromatic heterocycles. The lowest BCUT2D eigenvalue weighted by Crippen LogP contribution is -2.46. The van der Waals surface area contributed by atoms with E-state index >= 15 is 0 Å². The molecular weight excluding hydrogens is 495 g/mol. The fourth-order valence-corrected chi connectivity index (χ4v) is 6.26. The highest BCUT2D eigenvalue weighted by Gasteiger charge is 2.50. The number of carbonyl (C=O) groups excluding carboxylic acids is 1. The Bertz CT molecular complexity index is 1170. The van der Waals surface area contributed by atoms with E-state index in [1.807, 2.05) is 0 Å². The fraction of sp³-hybridized carbons (Fsp3) is 0.455. The lowest BCUT2D eigenvalue weighted by atomic mass is 9.77. The van der Waals surface area contributed by atoms with Crippen molar-refractivity contribution in [3.8, 4) is 5.88 Å². The van der Waals surface area contributed by atoms with Gasteiger partial charge in [-0.05, 0) is 44.4 Å². The van der Waals surface area contributed by atoms with Gasteiger partial charge in [0.15, 0.2) is 6.10 Å². The summed E-state index contributed by atoms with van der Waals surface area (Å²) >= 11 is 6.08. The van der Waals surface area contributed by atoms with Crippen molar-refractivity contribution in [2.24, 2.45) is 5.41 Å². The molecule has 0 bridgehead atoms. The minimum Gasteiger partial charge on any atom is -0.465 e. The van der Waals surface area contributed by atoms with Gasteiger partial charge in [-0.2, -0.15) is 17.5 Å². The van der Waals surface area contributed by atoms with E-state index in [-0.39, 0.29) is 34.8 Å². The Morgan fingerprint density at radius 2 is 1.74 bits per heavy atom. The largest absolute Gasteiger partial charge is 0.465 e. The number of pyridine rings is 1. The summed E-state index contributed by atoms with van der Waals surface area (Å²) in [5, 5.41) is 0.149. The number of hydrogen-bond donors (Lipinski definition) is 0. The van der Waals surface area contributed by atoms with Gasteiger partial charge in [-0.3, -0.25) is 4.79 Å². The van der Waals surface area contributed by atoms with Crippen molar-refractivity contribution < 1.29 is 31.1 Å². The number of halogens is 4. The molecule has 2 aromatic rings. The van der Waals surface area contributed by atoms with Crippen molar-refractivity contribution in [2.45, 2.75) is 43.4 Å². The Kier molecular flexibility index (Phi) is 6.56. The van der Waals surface area contributed by atoms with Crippen LogP contribution in [0.2, 0.25) is 5.02 Å². The van der Waals surface area contributed by atoms with Crippen molar-refractivity contribution in [3.05, 3.63) is 47.6 Å². The molecule has 4 rings (SSSR count). The molecule has 34 heavy (non-hydrogen) atoms. The highest BCUT2D eigenvalue weighted by Crippen LogP contribution is 2.44. The first-order valence-corrected chi connectivity index (χ1v) is 12.5. The number of aromatic nitrogens is 1. The summed E-state index contributed by atoms with van der Waals surface area (Å²) < 4.78 is 70.2. The van der Waals surface area contributed by atoms with E-state index in [0.29, 0.717) is 31.5 Å². The van der Waals surface area contributed by atoms with Crippen molar-refractivity contribution in [1.29, 1.82) is 0 Å². The molecule has 0 saturated carbocycles. The molecule has 0 N–H and O–H groups in total. The monoisotopic (exact) mass is 517 g/mol. The van der Waals surface area contributed by atoms with Gasteiger partial charge >= 0.3 is 6.18 Å². The molecule has 12 heteroatoms. The predicted octanol–water partition coefficient (Wildman–Crippen LogP) is 4.27. The van der Waals surface area contributed by atoms with Gasteiger partial charge in [0, 0.05) is 25.7 Å². The molecular formula is C22H23ClF3N3O4S. The summed E-state index contributed by atoms with van der Waals surface area (Å²) in [5.41, 5.74) is -0.230. The van der Waals surface area contributed by atoms with Gasteiger partial charge in [-0.25, -0.2) is 13.4 Å². The molecule has 2 aliphatic rings. The third-order valence-corrected chi connectivity index (χ3v) is 8.84. The third kappa shape index (κ3) is 4.60. The van der Waals surface area contributed by atoms with E-state index in [2.05, 4.69) is 4.98 Å². The fourth-order valence-electron chi connectivity index (χ4n) is 4.33. The first-order chi connectivity index (χ1) is 15.9. The maximum Gasteiger partial charge on any atom is 0.425 e. The van der Waals surface area contributed by atoms with Crippen LogP contribution >= 0.6 is 11.6 Å². The lowest BCUT2D eigenvalue weighted by Gasteiger charge is -2.37. The zero-order valence-corrected chi connectivity index (χ0v) is 19.8. The van der Waals surface area contributed by atoms with Gasteiger partial charge < -0.3 is 9.64 Å². The smallest absolute Gasteiger partial charge is 0.425 e. The van der Waals surface area contributed by atoms with Crippen LogP contribution in [0.5, 0.6) is 5.88 Å². The summed E-state index contributed by atoms with van der Waals surface area (Å²) in [4.78, 5) is 18.8. The number of carbonyl (C=O) groups is 1. The van der Waals surface area contributed by atoms with Crippen LogP contribution in [0.3, 0.4) is 0 Å². The number of sulfonamides is 1. The van der Waals surface area contributed by atoms with E-state index in [1.165, 1.54) is 34.8 Å². The summed E-state index contributed by atoms with van der Waals surface area (Å²) in [5.74, 6) is -0.325. The van der Waals surface area contributed by atoms with Gasteiger partial charge in [-0.15, -0.1) is 0 Å². The lowest BCUT2D eigenvalue weighted by molar-refractivity contribution is -0.189. The van der Waals surface area contributed by atoms with Gasteiger partial charge in [0.25, 0.3) is 0 Å². The van der Waals surface area contributed by atoms with Crippen molar-refractivity contribution in [2.75, 3.05) is 24.5 Å². The van der Waals surface area contributed by atoms with Crippen molar-refractivity contribution in [1.82, 2.24) is 9.29 Å². The Hall–Kier alpha value is -2.37. The van der Waals surface area contributed by atoms with Gasteiger partial charge in [0.1, 0.15) is 4.90 Å². The summed E-state index contributed by atoms with van der Waals surface area (Å²) in [6, 6.07) is 9.04. The van der Waals surface area contributed by atoms with E-state index in [0.717, 1.165) is 6.92 Å². The molecule has 2 fully saturated rings. The maximum absolute atomic E-state index is 13.3. The van der Waals surface area contributed by atoms with Gasteiger partial charge in [0.2, 0.25) is 21.8 Å². The SMILES string of the molecule is CC(Oc1ccc(N2CCC3(CCN(S(=O)(=O)c4ccccc4Cl)CC3)C2=O)cn1)C(F)(F)F. The van der Waals surface area contributed by atoms with E-state index in [1.54, 1.807) is 17.0 Å². The van der Waals surface area contributed by atoms with Crippen LogP contribution in [-0.2, 0) is 14.8 Å². The minimum absolute atomic E-state index is 0.0419. The second-order valence-electron chi connectivity index (χ2n) is 8.48. The number of anilines is 1. The summed E-state index contributed by atoms with van der Waals surface area (Å²) in [6.07, 6.45) is -3.92. The summed E-state index contributed by atoms with van der Waals surface area (Å²) in [7, 11) is -3.77. The minimum atomic E-state index is -4.51. The Morgan fingerprint density at radius 3 is 2.32 bits per heavy atom.